The number of methoxy groups -OCH3 is 2. The van der Waals surface area contributed by atoms with Crippen molar-refractivity contribution >= 4 is 23.4 Å². The average molecular weight is 479 g/mol. The van der Waals surface area contributed by atoms with Crippen molar-refractivity contribution in [1.29, 1.82) is 0 Å². The van der Waals surface area contributed by atoms with Gasteiger partial charge in [0.25, 0.3) is 0 Å². The molecule has 0 atom stereocenters. The van der Waals surface area contributed by atoms with Gasteiger partial charge in [0.2, 0.25) is 5.88 Å². The average Bonchev–Trinajstić information content (AvgIpc) is 2.78. The lowest BCUT2D eigenvalue weighted by atomic mass is 10.1. The highest BCUT2D eigenvalue weighted by Gasteiger charge is 2.25. The number of aliphatic hydroxyl groups excluding tert-OH is 1. The number of aromatic nitrogens is 1. The number of carbonyl (C=O) groups is 1. The third-order valence-corrected chi connectivity index (χ3v) is 5.66. The second-order valence-corrected chi connectivity index (χ2v) is 8.52. The van der Waals surface area contributed by atoms with E-state index < -0.39 is 5.97 Å². The molecule has 1 N–H and O–H groups in total. The number of thioether (sulfide) groups is 1. The highest BCUT2D eigenvalue weighted by atomic mass is 32.2. The number of benzene rings is 1. The molecule has 1 heterocycles. The molecule has 2 aromatic rings. The number of rotatable bonds is 13. The normalized spacial score (nSPS) is 10.8. The van der Waals surface area contributed by atoms with Gasteiger partial charge >= 0.3 is 5.97 Å². The fraction of sp³-hybridized carbons (Fsp3) is 0.500. The molecule has 1 aromatic heterocycles. The van der Waals surface area contributed by atoms with Crippen molar-refractivity contribution in [2.75, 3.05) is 57.6 Å². The Morgan fingerprint density at radius 3 is 2.39 bits per heavy atom. The minimum Gasteiger partial charge on any atom is -0.491 e. The van der Waals surface area contributed by atoms with Crippen LogP contribution < -0.4 is 14.4 Å². The molecule has 0 aliphatic heterocycles. The maximum absolute atomic E-state index is 12.8. The van der Waals surface area contributed by atoms with E-state index in [0.29, 0.717) is 42.6 Å². The fourth-order valence-electron chi connectivity index (χ4n) is 3.41. The van der Waals surface area contributed by atoms with Crippen molar-refractivity contribution in [1.82, 2.24) is 4.98 Å². The van der Waals surface area contributed by atoms with Gasteiger partial charge in [-0.15, -0.1) is 0 Å². The summed E-state index contributed by atoms with van der Waals surface area (Å²) < 4.78 is 22.0. The Balaban J connectivity index is 2.47. The second kappa shape index (κ2) is 13.3. The Kier molecular flexibility index (Phi) is 10.8. The van der Waals surface area contributed by atoms with E-state index in [2.05, 4.69) is 4.98 Å². The van der Waals surface area contributed by atoms with Gasteiger partial charge in [0.1, 0.15) is 30.4 Å². The van der Waals surface area contributed by atoms with Crippen LogP contribution in [0.1, 0.15) is 33.6 Å². The highest BCUT2D eigenvalue weighted by Crippen LogP contribution is 2.36. The maximum Gasteiger partial charge on any atom is 0.345 e. The second-order valence-electron chi connectivity index (χ2n) is 7.54. The first-order chi connectivity index (χ1) is 15.9. The van der Waals surface area contributed by atoms with E-state index >= 15 is 0 Å². The number of nitrogens with zero attached hydrogens (tertiary/aromatic N) is 2. The topological polar surface area (TPSA) is 90.4 Å². The van der Waals surface area contributed by atoms with Crippen LogP contribution in [0.3, 0.4) is 0 Å². The van der Waals surface area contributed by atoms with E-state index in [0.717, 1.165) is 23.3 Å². The molecule has 0 radical (unpaired) electrons. The molecular formula is C24H34N2O6S. The molecule has 0 bridgehead atoms. The molecule has 0 spiro atoms. The van der Waals surface area contributed by atoms with Gasteiger partial charge in [-0.25, -0.2) is 9.78 Å². The SMILES string of the molecule is COCCOc1cc(C)c(Oc2nc(C)cc(N(CO)CCCSC)c2C(=O)OC)c(C)c1. The van der Waals surface area contributed by atoms with Crippen LogP contribution in [-0.2, 0) is 9.47 Å². The molecule has 8 nitrogen and oxygen atoms in total. The van der Waals surface area contributed by atoms with Gasteiger partial charge in [-0.05, 0) is 68.5 Å². The predicted octanol–water partition coefficient (Wildman–Crippen LogP) is 4.12. The van der Waals surface area contributed by atoms with Gasteiger partial charge in [0, 0.05) is 19.3 Å². The van der Waals surface area contributed by atoms with Gasteiger partial charge in [0.15, 0.2) is 0 Å². The quantitative estimate of drug-likeness (QED) is 0.259. The number of pyridine rings is 1. The van der Waals surface area contributed by atoms with E-state index in [1.807, 2.05) is 39.2 Å². The van der Waals surface area contributed by atoms with Gasteiger partial charge in [-0.3, -0.25) is 0 Å². The lowest BCUT2D eigenvalue weighted by molar-refractivity contribution is 0.0597. The van der Waals surface area contributed by atoms with E-state index in [9.17, 15) is 9.90 Å². The number of hydrogen-bond donors (Lipinski definition) is 1. The van der Waals surface area contributed by atoms with E-state index in [4.69, 9.17) is 18.9 Å². The number of ether oxygens (including phenoxy) is 4. The number of anilines is 1. The Bertz CT molecular complexity index is 914. The summed E-state index contributed by atoms with van der Waals surface area (Å²) in [6, 6.07) is 5.50. The van der Waals surface area contributed by atoms with E-state index in [-0.39, 0.29) is 18.2 Å². The first kappa shape index (κ1) is 26.8. The lowest BCUT2D eigenvalue weighted by Crippen LogP contribution is -2.28. The zero-order chi connectivity index (χ0) is 24.4. The largest absolute Gasteiger partial charge is 0.491 e. The van der Waals surface area contributed by atoms with Gasteiger partial charge < -0.3 is 29.0 Å². The number of carbonyl (C=O) groups excluding carboxylic acids is 1. The van der Waals surface area contributed by atoms with Crippen molar-refractivity contribution < 1.29 is 28.8 Å². The minimum atomic E-state index is -0.578. The summed E-state index contributed by atoms with van der Waals surface area (Å²) in [5, 5.41) is 10.0. The summed E-state index contributed by atoms with van der Waals surface area (Å²) in [5.41, 5.74) is 3.04. The first-order valence-corrected chi connectivity index (χ1v) is 12.1. The number of aliphatic hydroxyl groups is 1. The molecule has 1 aromatic carbocycles. The van der Waals surface area contributed by atoms with Crippen LogP contribution in [0.4, 0.5) is 5.69 Å². The maximum atomic E-state index is 12.8. The summed E-state index contributed by atoms with van der Waals surface area (Å²) in [6.45, 7) is 6.90. The predicted molar refractivity (Wildman–Crippen MR) is 131 cm³/mol. The van der Waals surface area contributed by atoms with Gasteiger partial charge in [0.05, 0.1) is 19.4 Å². The smallest absolute Gasteiger partial charge is 0.345 e. The molecule has 0 unspecified atom stereocenters. The summed E-state index contributed by atoms with van der Waals surface area (Å²) in [7, 11) is 2.94. The lowest BCUT2D eigenvalue weighted by Gasteiger charge is -2.25. The molecule has 0 aliphatic carbocycles. The summed E-state index contributed by atoms with van der Waals surface area (Å²) in [4.78, 5) is 19.0. The molecule has 2 rings (SSSR count). The van der Waals surface area contributed by atoms with Crippen molar-refractivity contribution in [3.05, 3.63) is 40.6 Å². The standard InChI is InChI=1S/C24H34N2O6S/c1-16-12-19(31-10-9-29-4)13-17(2)22(16)32-23-21(24(28)30-5)20(14-18(3)25-23)26(15-27)8-7-11-33-6/h12-14,27H,7-11,15H2,1-6H3. The van der Waals surface area contributed by atoms with Crippen LogP contribution in [0.15, 0.2) is 18.2 Å². The highest BCUT2D eigenvalue weighted by molar-refractivity contribution is 7.98. The van der Waals surface area contributed by atoms with Gasteiger partial charge in [-0.2, -0.15) is 11.8 Å². The number of esters is 1. The van der Waals surface area contributed by atoms with Crippen LogP contribution in [0.5, 0.6) is 17.4 Å². The molecular weight excluding hydrogens is 444 g/mol. The van der Waals surface area contributed by atoms with E-state index in [1.165, 1.54) is 7.11 Å². The first-order valence-electron chi connectivity index (χ1n) is 10.7. The Labute approximate surface area is 200 Å². The van der Waals surface area contributed by atoms with Crippen LogP contribution in [0.25, 0.3) is 0 Å². The van der Waals surface area contributed by atoms with Crippen molar-refractivity contribution in [3.63, 3.8) is 0 Å². The number of hydrogen-bond acceptors (Lipinski definition) is 9. The summed E-state index contributed by atoms with van der Waals surface area (Å²) in [6.07, 6.45) is 2.88. The van der Waals surface area contributed by atoms with Crippen LogP contribution >= 0.6 is 11.8 Å². The summed E-state index contributed by atoms with van der Waals surface area (Å²) >= 11 is 1.73. The van der Waals surface area contributed by atoms with Crippen molar-refractivity contribution in [2.45, 2.75) is 27.2 Å². The van der Waals surface area contributed by atoms with Crippen molar-refractivity contribution in [2.24, 2.45) is 0 Å². The molecule has 0 saturated carbocycles. The Morgan fingerprint density at radius 2 is 1.82 bits per heavy atom. The third-order valence-electron chi connectivity index (χ3n) is 4.96. The molecule has 0 fully saturated rings. The number of aryl methyl sites for hydroxylation is 3. The third kappa shape index (κ3) is 7.25. The molecule has 0 aliphatic rings. The van der Waals surface area contributed by atoms with E-state index in [1.54, 1.807) is 29.8 Å². The Morgan fingerprint density at radius 1 is 1.12 bits per heavy atom. The monoisotopic (exact) mass is 478 g/mol. The van der Waals surface area contributed by atoms with Crippen LogP contribution in [0.2, 0.25) is 0 Å². The molecule has 182 valence electrons. The van der Waals surface area contributed by atoms with Crippen molar-refractivity contribution in [3.8, 4) is 17.4 Å². The van der Waals surface area contributed by atoms with Gasteiger partial charge in [-0.1, -0.05) is 0 Å². The molecule has 0 saturated heterocycles. The van der Waals surface area contributed by atoms with Crippen LogP contribution in [0, 0.1) is 20.8 Å². The minimum absolute atomic E-state index is 0.138. The molecule has 33 heavy (non-hydrogen) atoms. The molecule has 0 amide bonds. The zero-order valence-electron chi connectivity index (χ0n) is 20.3. The summed E-state index contributed by atoms with van der Waals surface area (Å²) in [5.74, 6) is 1.79. The Hall–Kier alpha value is -2.49. The fourth-order valence-corrected chi connectivity index (χ4v) is 3.82. The van der Waals surface area contributed by atoms with Crippen LogP contribution in [-0.4, -0.2) is 68.8 Å². The zero-order valence-corrected chi connectivity index (χ0v) is 21.1. The molecule has 9 heteroatoms.